The number of nitrogens with zero attached hydrogens (tertiary/aromatic N) is 2. The van der Waals surface area contributed by atoms with Gasteiger partial charge in [0.1, 0.15) is 11.4 Å². The molecule has 0 aliphatic rings. The smallest absolute Gasteiger partial charge is 0.307 e. The first kappa shape index (κ1) is 11.0. The molecule has 1 heterocycles. The van der Waals surface area contributed by atoms with Crippen molar-refractivity contribution in [3.63, 3.8) is 0 Å². The molecule has 1 aromatic rings. The molecule has 0 amide bonds. The predicted octanol–water partition coefficient (Wildman–Crippen LogP) is 1.33. The van der Waals surface area contributed by atoms with Crippen molar-refractivity contribution in [2.45, 2.75) is 19.6 Å². The standard InChI is InChI=1S/C8H12N2O3S/c1-5(8(11)12)3-14-4-7-6(2)9-13-10-7/h5H,3-4H2,1-2H3,(H,11,12). The van der Waals surface area contributed by atoms with Gasteiger partial charge < -0.3 is 5.11 Å². The number of carboxylic acids is 1. The van der Waals surface area contributed by atoms with Crippen LogP contribution in [0.2, 0.25) is 0 Å². The van der Waals surface area contributed by atoms with E-state index in [1.165, 1.54) is 11.8 Å². The molecule has 5 nitrogen and oxygen atoms in total. The van der Waals surface area contributed by atoms with Gasteiger partial charge in [-0.3, -0.25) is 4.79 Å². The third kappa shape index (κ3) is 3.02. The van der Waals surface area contributed by atoms with Crippen molar-refractivity contribution in [3.8, 4) is 0 Å². The van der Waals surface area contributed by atoms with Gasteiger partial charge in [0.25, 0.3) is 0 Å². The number of hydrogen-bond acceptors (Lipinski definition) is 5. The highest BCUT2D eigenvalue weighted by molar-refractivity contribution is 7.98. The van der Waals surface area contributed by atoms with E-state index in [-0.39, 0.29) is 5.92 Å². The van der Waals surface area contributed by atoms with Gasteiger partial charge in [0.05, 0.1) is 5.92 Å². The second-order valence-electron chi connectivity index (χ2n) is 3.05. The first-order chi connectivity index (χ1) is 6.61. The first-order valence-corrected chi connectivity index (χ1v) is 5.35. The Bertz CT molecular complexity index is 313. The Balaban J connectivity index is 2.29. The number of aromatic nitrogens is 2. The lowest BCUT2D eigenvalue weighted by Crippen LogP contribution is -2.11. The van der Waals surface area contributed by atoms with Crippen molar-refractivity contribution in [2.75, 3.05) is 5.75 Å². The van der Waals surface area contributed by atoms with E-state index in [1.54, 1.807) is 6.92 Å². The number of carbonyl (C=O) groups is 1. The second kappa shape index (κ2) is 4.99. The molecule has 0 radical (unpaired) electrons. The summed E-state index contributed by atoms with van der Waals surface area (Å²) in [5.74, 6) is 0.113. The van der Waals surface area contributed by atoms with Crippen LogP contribution in [0.1, 0.15) is 18.3 Å². The zero-order valence-corrected chi connectivity index (χ0v) is 8.87. The fourth-order valence-corrected chi connectivity index (χ4v) is 1.85. The molecule has 0 aromatic carbocycles. The number of thioether (sulfide) groups is 1. The molecule has 0 aliphatic carbocycles. The van der Waals surface area contributed by atoms with Gasteiger partial charge in [0.2, 0.25) is 0 Å². The van der Waals surface area contributed by atoms with E-state index in [4.69, 9.17) is 5.11 Å². The Hall–Kier alpha value is -1.04. The lowest BCUT2D eigenvalue weighted by Gasteiger charge is -2.03. The molecule has 0 fully saturated rings. The minimum absolute atomic E-state index is 0.333. The van der Waals surface area contributed by atoms with E-state index in [2.05, 4.69) is 14.9 Å². The zero-order chi connectivity index (χ0) is 10.6. The predicted molar refractivity (Wildman–Crippen MR) is 52.0 cm³/mol. The molecule has 0 saturated heterocycles. The molecule has 1 aromatic heterocycles. The van der Waals surface area contributed by atoms with Gasteiger partial charge in [0, 0.05) is 11.5 Å². The highest BCUT2D eigenvalue weighted by Gasteiger charge is 2.12. The Morgan fingerprint density at radius 2 is 2.36 bits per heavy atom. The monoisotopic (exact) mass is 216 g/mol. The van der Waals surface area contributed by atoms with Crippen molar-refractivity contribution in [1.82, 2.24) is 10.3 Å². The van der Waals surface area contributed by atoms with E-state index in [0.29, 0.717) is 11.5 Å². The summed E-state index contributed by atoms with van der Waals surface area (Å²) >= 11 is 1.52. The van der Waals surface area contributed by atoms with E-state index in [0.717, 1.165) is 11.4 Å². The van der Waals surface area contributed by atoms with E-state index in [9.17, 15) is 4.79 Å². The van der Waals surface area contributed by atoms with Crippen molar-refractivity contribution >= 4 is 17.7 Å². The summed E-state index contributed by atoms with van der Waals surface area (Å²) in [6, 6.07) is 0. The number of rotatable bonds is 5. The van der Waals surface area contributed by atoms with Gasteiger partial charge in [-0.05, 0) is 6.92 Å². The molecule has 1 N–H and O–H groups in total. The van der Waals surface area contributed by atoms with Gasteiger partial charge >= 0.3 is 5.97 Å². The van der Waals surface area contributed by atoms with Crippen molar-refractivity contribution in [3.05, 3.63) is 11.4 Å². The Labute approximate surface area is 85.8 Å². The Morgan fingerprint density at radius 1 is 1.64 bits per heavy atom. The molecule has 0 spiro atoms. The largest absolute Gasteiger partial charge is 0.481 e. The van der Waals surface area contributed by atoms with E-state index < -0.39 is 5.97 Å². The van der Waals surface area contributed by atoms with Crippen molar-refractivity contribution < 1.29 is 14.5 Å². The van der Waals surface area contributed by atoms with Gasteiger partial charge in [0.15, 0.2) is 0 Å². The fraction of sp³-hybridized carbons (Fsp3) is 0.625. The third-order valence-electron chi connectivity index (χ3n) is 1.77. The summed E-state index contributed by atoms with van der Waals surface area (Å²) in [4.78, 5) is 10.5. The van der Waals surface area contributed by atoms with Crippen LogP contribution in [0.25, 0.3) is 0 Å². The number of aryl methyl sites for hydroxylation is 1. The minimum Gasteiger partial charge on any atom is -0.481 e. The van der Waals surface area contributed by atoms with Crippen LogP contribution in [0.5, 0.6) is 0 Å². The summed E-state index contributed by atoms with van der Waals surface area (Å²) in [5, 5.41) is 16.0. The molecule has 0 saturated carbocycles. The Kier molecular flexibility index (Phi) is 3.94. The molecule has 1 unspecified atom stereocenters. The molecule has 14 heavy (non-hydrogen) atoms. The lowest BCUT2D eigenvalue weighted by atomic mass is 10.2. The van der Waals surface area contributed by atoms with Gasteiger partial charge in [-0.1, -0.05) is 17.2 Å². The van der Waals surface area contributed by atoms with Crippen LogP contribution in [0.4, 0.5) is 0 Å². The minimum atomic E-state index is -0.771. The van der Waals surface area contributed by atoms with Crippen LogP contribution in [0.3, 0.4) is 0 Å². The summed E-state index contributed by atoms with van der Waals surface area (Å²) < 4.78 is 4.52. The van der Waals surface area contributed by atoms with Crippen LogP contribution in [0, 0.1) is 12.8 Å². The quantitative estimate of drug-likeness (QED) is 0.800. The normalized spacial score (nSPS) is 12.7. The maximum absolute atomic E-state index is 10.5. The van der Waals surface area contributed by atoms with Crippen molar-refractivity contribution in [1.29, 1.82) is 0 Å². The zero-order valence-electron chi connectivity index (χ0n) is 8.06. The third-order valence-corrected chi connectivity index (χ3v) is 2.99. The number of carboxylic acid groups (broad SMARTS) is 1. The first-order valence-electron chi connectivity index (χ1n) is 4.20. The molecule has 0 bridgehead atoms. The summed E-state index contributed by atoms with van der Waals surface area (Å²) in [6.07, 6.45) is 0. The molecule has 1 atom stereocenters. The van der Waals surface area contributed by atoms with Crippen molar-refractivity contribution in [2.24, 2.45) is 5.92 Å². The summed E-state index contributed by atoms with van der Waals surface area (Å²) in [7, 11) is 0. The van der Waals surface area contributed by atoms with E-state index >= 15 is 0 Å². The van der Waals surface area contributed by atoms with Crippen LogP contribution < -0.4 is 0 Å². The van der Waals surface area contributed by atoms with Gasteiger partial charge in [-0.25, -0.2) is 4.63 Å². The SMILES string of the molecule is Cc1nonc1CSCC(C)C(=O)O. The van der Waals surface area contributed by atoms with Crippen LogP contribution in [-0.2, 0) is 10.5 Å². The molecule has 0 aliphatic heterocycles. The molecule has 78 valence electrons. The maximum atomic E-state index is 10.5. The highest BCUT2D eigenvalue weighted by atomic mass is 32.2. The summed E-state index contributed by atoms with van der Waals surface area (Å²) in [5.41, 5.74) is 1.55. The highest BCUT2D eigenvalue weighted by Crippen LogP contribution is 2.15. The number of hydrogen-bond donors (Lipinski definition) is 1. The maximum Gasteiger partial charge on any atom is 0.307 e. The topological polar surface area (TPSA) is 76.2 Å². The second-order valence-corrected chi connectivity index (χ2v) is 4.08. The average Bonchev–Trinajstić information content (AvgIpc) is 2.51. The van der Waals surface area contributed by atoms with Gasteiger partial charge in [-0.2, -0.15) is 11.8 Å². The molecular formula is C8H12N2O3S. The van der Waals surface area contributed by atoms with Crippen LogP contribution in [0.15, 0.2) is 4.63 Å². The summed E-state index contributed by atoms with van der Waals surface area (Å²) in [6.45, 7) is 3.50. The molecular weight excluding hydrogens is 204 g/mol. The van der Waals surface area contributed by atoms with Crippen LogP contribution in [-0.4, -0.2) is 27.1 Å². The van der Waals surface area contributed by atoms with E-state index in [1.807, 2.05) is 6.92 Å². The fourth-order valence-electron chi connectivity index (χ4n) is 0.784. The molecule has 1 rings (SSSR count). The molecule has 6 heteroatoms. The number of aliphatic carboxylic acids is 1. The lowest BCUT2D eigenvalue weighted by molar-refractivity contribution is -0.140. The Morgan fingerprint density at radius 3 is 2.86 bits per heavy atom. The van der Waals surface area contributed by atoms with Gasteiger partial charge in [-0.15, -0.1) is 0 Å². The average molecular weight is 216 g/mol. The van der Waals surface area contributed by atoms with Crippen LogP contribution >= 0.6 is 11.8 Å².